The lowest BCUT2D eigenvalue weighted by atomic mass is 10.2. The monoisotopic (exact) mass is 337 g/mol. The van der Waals surface area contributed by atoms with Crippen LogP contribution in [0.4, 0.5) is 10.8 Å². The largest absolute Gasteiger partial charge is 0.363 e. The van der Waals surface area contributed by atoms with Gasteiger partial charge in [0.1, 0.15) is 6.07 Å². The lowest BCUT2D eigenvalue weighted by Gasteiger charge is -2.05. The van der Waals surface area contributed by atoms with Gasteiger partial charge in [0.2, 0.25) is 10.1 Å². The summed E-state index contributed by atoms with van der Waals surface area (Å²) < 4.78 is 0.774. The van der Waals surface area contributed by atoms with E-state index in [-0.39, 0.29) is 5.01 Å². The van der Waals surface area contributed by atoms with E-state index >= 15 is 0 Å². The van der Waals surface area contributed by atoms with Crippen molar-refractivity contribution in [2.24, 2.45) is 0 Å². The smallest absolute Gasteiger partial charge is 0.286 e. The average molecular weight is 338 g/mol. The van der Waals surface area contributed by atoms with Gasteiger partial charge in [-0.3, -0.25) is 4.79 Å². The molecule has 0 radical (unpaired) electrons. The molecule has 1 aromatic heterocycles. The number of hydrogen-bond acceptors (Lipinski definition) is 6. The maximum atomic E-state index is 11.9. The standard InChI is InChI=1S/C11H8BrN5OS/c1-14-11-17-16-10(19-11)9(18)15-8-3-2-7(12)4-6(8)5-13/h2-4H,1H3,(H,14,17)(H,15,18). The van der Waals surface area contributed by atoms with Crippen LogP contribution in [0.3, 0.4) is 0 Å². The molecule has 8 heteroatoms. The Kier molecular flexibility index (Phi) is 4.09. The number of benzene rings is 1. The van der Waals surface area contributed by atoms with Crippen LogP contribution in [0.15, 0.2) is 22.7 Å². The Morgan fingerprint density at radius 1 is 1.47 bits per heavy atom. The molecule has 0 saturated heterocycles. The maximum Gasteiger partial charge on any atom is 0.286 e. The second kappa shape index (κ2) is 5.77. The number of amides is 1. The number of rotatable bonds is 3. The molecule has 0 spiro atoms. The van der Waals surface area contributed by atoms with E-state index in [4.69, 9.17) is 5.26 Å². The van der Waals surface area contributed by atoms with Crippen molar-refractivity contribution in [2.45, 2.75) is 0 Å². The molecule has 0 aliphatic carbocycles. The number of nitriles is 1. The summed E-state index contributed by atoms with van der Waals surface area (Å²) >= 11 is 4.41. The van der Waals surface area contributed by atoms with Gasteiger partial charge in [-0.05, 0) is 18.2 Å². The fraction of sp³-hybridized carbons (Fsp3) is 0.0909. The van der Waals surface area contributed by atoms with E-state index in [1.165, 1.54) is 0 Å². The third-order valence-corrected chi connectivity index (χ3v) is 3.62. The number of halogens is 1. The van der Waals surface area contributed by atoms with Crippen molar-refractivity contribution in [3.05, 3.63) is 33.2 Å². The molecular weight excluding hydrogens is 330 g/mol. The van der Waals surface area contributed by atoms with Gasteiger partial charge in [0.15, 0.2) is 0 Å². The molecule has 2 aromatic rings. The molecule has 96 valence electrons. The van der Waals surface area contributed by atoms with Crippen molar-refractivity contribution in [1.29, 1.82) is 5.26 Å². The van der Waals surface area contributed by atoms with E-state index in [0.29, 0.717) is 16.4 Å². The first-order valence-electron chi connectivity index (χ1n) is 5.16. The molecule has 2 rings (SSSR count). The highest BCUT2D eigenvalue weighted by Crippen LogP contribution is 2.22. The molecule has 6 nitrogen and oxygen atoms in total. The van der Waals surface area contributed by atoms with E-state index < -0.39 is 5.91 Å². The quantitative estimate of drug-likeness (QED) is 0.897. The minimum Gasteiger partial charge on any atom is -0.363 e. The van der Waals surface area contributed by atoms with Crippen LogP contribution in [0.5, 0.6) is 0 Å². The fourth-order valence-corrected chi connectivity index (χ4v) is 2.26. The van der Waals surface area contributed by atoms with Crippen molar-refractivity contribution >= 4 is 44.0 Å². The molecule has 19 heavy (non-hydrogen) atoms. The van der Waals surface area contributed by atoms with Crippen LogP contribution in [0.2, 0.25) is 0 Å². The van der Waals surface area contributed by atoms with Crippen LogP contribution < -0.4 is 10.6 Å². The number of nitrogens with zero attached hydrogens (tertiary/aromatic N) is 3. The van der Waals surface area contributed by atoms with Gasteiger partial charge in [0.05, 0.1) is 11.3 Å². The van der Waals surface area contributed by atoms with Crippen molar-refractivity contribution in [3.63, 3.8) is 0 Å². The summed E-state index contributed by atoms with van der Waals surface area (Å²) in [6.07, 6.45) is 0. The minimum absolute atomic E-state index is 0.233. The molecule has 0 aliphatic rings. The third-order valence-electron chi connectivity index (χ3n) is 2.18. The number of aromatic nitrogens is 2. The normalized spacial score (nSPS) is 9.74. The zero-order valence-electron chi connectivity index (χ0n) is 9.77. The number of anilines is 2. The Balaban J connectivity index is 2.22. The first-order chi connectivity index (χ1) is 9.13. The molecule has 0 fully saturated rings. The predicted octanol–water partition coefficient (Wildman–Crippen LogP) is 2.47. The Morgan fingerprint density at radius 3 is 2.89 bits per heavy atom. The highest BCUT2D eigenvalue weighted by molar-refractivity contribution is 9.10. The third kappa shape index (κ3) is 3.07. The second-order valence-corrected chi connectivity index (χ2v) is 5.31. The van der Waals surface area contributed by atoms with E-state index in [1.807, 2.05) is 6.07 Å². The molecule has 0 saturated carbocycles. The van der Waals surface area contributed by atoms with Crippen LogP contribution in [0.25, 0.3) is 0 Å². The molecule has 0 atom stereocenters. The summed E-state index contributed by atoms with van der Waals surface area (Å²) in [6, 6.07) is 7.05. The van der Waals surface area contributed by atoms with Gasteiger partial charge in [-0.15, -0.1) is 10.2 Å². The zero-order valence-corrected chi connectivity index (χ0v) is 12.2. The average Bonchev–Trinajstić information content (AvgIpc) is 2.89. The summed E-state index contributed by atoms with van der Waals surface area (Å²) in [5.74, 6) is -0.391. The van der Waals surface area contributed by atoms with E-state index in [2.05, 4.69) is 36.8 Å². The van der Waals surface area contributed by atoms with Crippen molar-refractivity contribution in [2.75, 3.05) is 17.7 Å². The lowest BCUT2D eigenvalue weighted by Crippen LogP contribution is -2.12. The summed E-state index contributed by atoms with van der Waals surface area (Å²) in [5, 5.41) is 22.8. The molecule has 1 amide bonds. The summed E-state index contributed by atoms with van der Waals surface area (Å²) in [6.45, 7) is 0. The van der Waals surface area contributed by atoms with Crippen LogP contribution in [-0.2, 0) is 0 Å². The predicted molar refractivity (Wildman–Crippen MR) is 76.3 cm³/mol. The molecule has 1 aromatic carbocycles. The second-order valence-electron chi connectivity index (χ2n) is 3.42. The molecule has 0 unspecified atom stereocenters. The number of nitrogens with one attached hydrogen (secondary N) is 2. The molecule has 1 heterocycles. The van der Waals surface area contributed by atoms with Gasteiger partial charge in [-0.25, -0.2) is 0 Å². The van der Waals surface area contributed by atoms with Crippen molar-refractivity contribution < 1.29 is 4.79 Å². The molecular formula is C11H8BrN5OS. The summed E-state index contributed by atoms with van der Waals surface area (Å²) in [5.41, 5.74) is 0.818. The molecule has 0 bridgehead atoms. The molecule has 0 aliphatic heterocycles. The zero-order chi connectivity index (χ0) is 13.8. The van der Waals surface area contributed by atoms with Gasteiger partial charge >= 0.3 is 0 Å². The van der Waals surface area contributed by atoms with Crippen LogP contribution in [0.1, 0.15) is 15.4 Å². The highest BCUT2D eigenvalue weighted by Gasteiger charge is 2.14. The van der Waals surface area contributed by atoms with Gasteiger partial charge < -0.3 is 10.6 Å². The lowest BCUT2D eigenvalue weighted by molar-refractivity contribution is 0.102. The number of hydrogen-bond donors (Lipinski definition) is 2. The van der Waals surface area contributed by atoms with Crippen molar-refractivity contribution in [3.8, 4) is 6.07 Å². The van der Waals surface area contributed by atoms with Crippen LogP contribution in [-0.4, -0.2) is 23.2 Å². The Morgan fingerprint density at radius 2 is 2.26 bits per heavy atom. The van der Waals surface area contributed by atoms with Gasteiger partial charge in [-0.2, -0.15) is 5.26 Å². The van der Waals surface area contributed by atoms with Gasteiger partial charge in [-0.1, -0.05) is 27.3 Å². The van der Waals surface area contributed by atoms with Crippen molar-refractivity contribution in [1.82, 2.24) is 10.2 Å². The van der Waals surface area contributed by atoms with Crippen LogP contribution >= 0.6 is 27.3 Å². The highest BCUT2D eigenvalue weighted by atomic mass is 79.9. The Labute approximate surface area is 121 Å². The summed E-state index contributed by atoms with van der Waals surface area (Å²) in [7, 11) is 1.70. The Hall–Kier alpha value is -1.98. The SMILES string of the molecule is CNc1nnc(C(=O)Nc2ccc(Br)cc2C#N)s1. The van der Waals surface area contributed by atoms with Crippen LogP contribution in [0, 0.1) is 11.3 Å². The molecule has 2 N–H and O–H groups in total. The van der Waals surface area contributed by atoms with Gasteiger partial charge in [0, 0.05) is 11.5 Å². The number of carbonyl (C=O) groups excluding carboxylic acids is 1. The fourth-order valence-electron chi connectivity index (χ4n) is 1.31. The first-order valence-corrected chi connectivity index (χ1v) is 6.77. The maximum absolute atomic E-state index is 11.9. The van der Waals surface area contributed by atoms with Gasteiger partial charge in [0.25, 0.3) is 5.91 Å². The van der Waals surface area contributed by atoms with E-state index in [9.17, 15) is 4.79 Å². The van der Waals surface area contributed by atoms with E-state index in [0.717, 1.165) is 15.8 Å². The first kappa shape index (κ1) is 13.5. The minimum atomic E-state index is -0.391. The summed E-state index contributed by atoms with van der Waals surface area (Å²) in [4.78, 5) is 11.9. The Bertz CT molecular complexity index is 663. The van der Waals surface area contributed by atoms with E-state index in [1.54, 1.807) is 25.2 Å². The topological polar surface area (TPSA) is 90.7 Å². The number of carbonyl (C=O) groups is 1.